The van der Waals surface area contributed by atoms with Crippen molar-refractivity contribution in [2.75, 3.05) is 26.0 Å². The molecule has 2 aliphatic rings. The molecule has 3 rings (SSSR count). The fourth-order valence-corrected chi connectivity index (χ4v) is 5.16. The molecule has 0 radical (unpaired) electrons. The maximum atomic E-state index is 11.8. The lowest BCUT2D eigenvalue weighted by Gasteiger charge is -2.39. The molecule has 7 heteroatoms. The lowest BCUT2D eigenvalue weighted by molar-refractivity contribution is -0.00401. The van der Waals surface area contributed by atoms with E-state index in [1.807, 2.05) is 6.07 Å². The Bertz CT molecular complexity index is 739. The molecule has 1 fully saturated rings. The third kappa shape index (κ3) is 6.98. The van der Waals surface area contributed by atoms with Gasteiger partial charge in [-0.3, -0.25) is 4.90 Å². The molecule has 0 saturated carbocycles. The number of halogens is 1. The third-order valence-corrected chi connectivity index (χ3v) is 6.74. The van der Waals surface area contributed by atoms with Crippen molar-refractivity contribution in [1.82, 2.24) is 9.62 Å². The van der Waals surface area contributed by atoms with Gasteiger partial charge in [0.25, 0.3) is 0 Å². The minimum Gasteiger partial charge on any atom is -0.377 e. The van der Waals surface area contributed by atoms with Crippen LogP contribution in [0.3, 0.4) is 0 Å². The number of hydrogen-bond acceptors (Lipinski definition) is 4. The number of nitrogens with zero attached hydrogens (tertiary/aromatic N) is 1. The summed E-state index contributed by atoms with van der Waals surface area (Å²) in [6, 6.07) is 10.4. The van der Waals surface area contributed by atoms with Crippen LogP contribution in [0.4, 0.5) is 0 Å². The van der Waals surface area contributed by atoms with E-state index in [9.17, 15) is 8.42 Å². The van der Waals surface area contributed by atoms with Gasteiger partial charge in [0.1, 0.15) is 0 Å². The van der Waals surface area contributed by atoms with E-state index in [-0.39, 0.29) is 18.1 Å². The first-order valence-electron chi connectivity index (χ1n) is 9.59. The van der Waals surface area contributed by atoms with E-state index in [1.54, 1.807) is 0 Å². The second kappa shape index (κ2) is 9.65. The fourth-order valence-electron chi connectivity index (χ4n) is 3.88. The number of likely N-dealkylation sites (tertiary alicyclic amines) is 1. The predicted molar refractivity (Wildman–Crippen MR) is 112 cm³/mol. The number of hydrogen-bond donors (Lipinski definition) is 1. The van der Waals surface area contributed by atoms with Crippen LogP contribution < -0.4 is 4.72 Å². The van der Waals surface area contributed by atoms with Crippen molar-refractivity contribution in [3.63, 3.8) is 0 Å². The van der Waals surface area contributed by atoms with Gasteiger partial charge in [-0.2, -0.15) is 0 Å². The van der Waals surface area contributed by atoms with E-state index in [4.69, 9.17) is 4.74 Å². The van der Waals surface area contributed by atoms with Crippen molar-refractivity contribution in [2.45, 2.75) is 44.4 Å². The lowest BCUT2D eigenvalue weighted by atomic mass is 9.93. The van der Waals surface area contributed by atoms with Crippen molar-refractivity contribution in [1.29, 1.82) is 0 Å². The molecule has 150 valence electrons. The number of benzene rings is 1. The number of rotatable bonds is 7. The van der Waals surface area contributed by atoms with E-state index in [0.29, 0.717) is 6.61 Å². The van der Waals surface area contributed by atoms with Crippen molar-refractivity contribution >= 4 is 26.0 Å². The van der Waals surface area contributed by atoms with Gasteiger partial charge in [-0.1, -0.05) is 52.3 Å². The van der Waals surface area contributed by atoms with Crippen LogP contribution in [0, 0.1) is 5.92 Å². The van der Waals surface area contributed by atoms with Crippen LogP contribution in [0.15, 0.2) is 40.9 Å². The lowest BCUT2D eigenvalue weighted by Crippen LogP contribution is -2.52. The molecule has 1 aliphatic carbocycles. The average Bonchev–Trinajstić information content (AvgIpc) is 2.63. The van der Waals surface area contributed by atoms with Crippen molar-refractivity contribution in [3.05, 3.63) is 46.5 Å². The Balaban J connectivity index is 1.60. The minimum atomic E-state index is -3.22. The van der Waals surface area contributed by atoms with Crippen LogP contribution in [-0.2, 0) is 21.3 Å². The summed E-state index contributed by atoms with van der Waals surface area (Å²) < 4.78 is 33.8. The summed E-state index contributed by atoms with van der Waals surface area (Å²) in [5, 5.41) is 0. The summed E-state index contributed by atoms with van der Waals surface area (Å²) in [5.41, 5.74) is 1.29. The smallest absolute Gasteiger partial charge is 0.208 e. The molecule has 0 bridgehead atoms. The number of nitrogens with one attached hydrogen (secondary N) is 1. The van der Waals surface area contributed by atoms with Crippen LogP contribution in [0.25, 0.3) is 0 Å². The van der Waals surface area contributed by atoms with Crippen LogP contribution in [0.1, 0.15) is 31.2 Å². The molecule has 0 spiro atoms. The molecule has 1 heterocycles. The van der Waals surface area contributed by atoms with Crippen LogP contribution in [-0.4, -0.2) is 51.4 Å². The topological polar surface area (TPSA) is 58.6 Å². The van der Waals surface area contributed by atoms with E-state index >= 15 is 0 Å². The zero-order valence-electron chi connectivity index (χ0n) is 15.8. The Morgan fingerprint density at radius 2 is 2.04 bits per heavy atom. The van der Waals surface area contributed by atoms with Gasteiger partial charge in [-0.15, -0.1) is 0 Å². The number of ether oxygens (including phenoxy) is 1. The monoisotopic (exact) mass is 456 g/mol. The van der Waals surface area contributed by atoms with Crippen molar-refractivity contribution in [3.8, 4) is 0 Å². The van der Waals surface area contributed by atoms with E-state index in [2.05, 4.69) is 55.9 Å². The summed E-state index contributed by atoms with van der Waals surface area (Å²) in [7, 11) is -3.22. The summed E-state index contributed by atoms with van der Waals surface area (Å²) in [6.07, 6.45) is 7.42. The number of allylic oxidation sites excluding steroid dienone is 1. The van der Waals surface area contributed by atoms with Crippen LogP contribution in [0.2, 0.25) is 0 Å². The molecule has 3 atom stereocenters. The Kier molecular flexibility index (Phi) is 7.50. The van der Waals surface area contributed by atoms with Crippen LogP contribution >= 0.6 is 15.9 Å². The van der Waals surface area contributed by atoms with Crippen molar-refractivity contribution in [2.24, 2.45) is 5.92 Å². The highest BCUT2D eigenvalue weighted by Crippen LogP contribution is 2.26. The van der Waals surface area contributed by atoms with Gasteiger partial charge < -0.3 is 4.74 Å². The van der Waals surface area contributed by atoms with Gasteiger partial charge in [0.15, 0.2) is 0 Å². The van der Waals surface area contributed by atoms with Gasteiger partial charge >= 0.3 is 0 Å². The van der Waals surface area contributed by atoms with Gasteiger partial charge in [-0.05, 0) is 35.7 Å². The molecule has 27 heavy (non-hydrogen) atoms. The molecule has 1 aromatic rings. The normalized spacial score (nSPS) is 27.3. The molecular formula is C20H29BrN2O3S. The van der Waals surface area contributed by atoms with Gasteiger partial charge in [0, 0.05) is 31.6 Å². The summed E-state index contributed by atoms with van der Waals surface area (Å²) in [5.74, 6) is 0.159. The Hall–Kier alpha value is -0.730. The number of piperidine rings is 1. The Morgan fingerprint density at radius 1 is 1.26 bits per heavy atom. The van der Waals surface area contributed by atoms with Gasteiger partial charge in [0.2, 0.25) is 10.0 Å². The second-order valence-corrected chi connectivity index (χ2v) is 10.4. The molecule has 5 nitrogen and oxygen atoms in total. The highest BCUT2D eigenvalue weighted by molar-refractivity contribution is 9.11. The quantitative estimate of drug-likeness (QED) is 0.683. The summed E-state index contributed by atoms with van der Waals surface area (Å²) >= 11 is 3.55. The van der Waals surface area contributed by atoms with E-state index < -0.39 is 10.0 Å². The zero-order valence-corrected chi connectivity index (χ0v) is 18.2. The Morgan fingerprint density at radius 3 is 2.70 bits per heavy atom. The van der Waals surface area contributed by atoms with Gasteiger partial charge in [-0.25, -0.2) is 13.1 Å². The second-order valence-electron chi connectivity index (χ2n) is 7.65. The van der Waals surface area contributed by atoms with Crippen molar-refractivity contribution < 1.29 is 13.2 Å². The fraction of sp³-hybridized carbons (Fsp3) is 0.600. The molecule has 1 aromatic carbocycles. The van der Waals surface area contributed by atoms with Gasteiger partial charge in [0.05, 0.1) is 19.0 Å². The molecule has 1 aliphatic heterocycles. The first-order chi connectivity index (χ1) is 12.9. The molecule has 1 saturated heterocycles. The van der Waals surface area contributed by atoms with E-state index in [0.717, 1.165) is 45.3 Å². The maximum absolute atomic E-state index is 11.8. The number of sulfonamides is 1. The minimum absolute atomic E-state index is 0.0575. The predicted octanol–water partition coefficient (Wildman–Crippen LogP) is 3.27. The highest BCUT2D eigenvalue weighted by atomic mass is 79.9. The first-order valence-corrected chi connectivity index (χ1v) is 12.3. The molecule has 1 unspecified atom stereocenters. The van der Waals surface area contributed by atoms with Crippen LogP contribution in [0.5, 0.6) is 0 Å². The summed E-state index contributed by atoms with van der Waals surface area (Å²) in [6.45, 7) is 3.21. The zero-order chi connectivity index (χ0) is 19.3. The highest BCUT2D eigenvalue weighted by Gasteiger charge is 2.32. The standard InChI is InChI=1S/C20H29BrN2O3S/c1-27(24,25)22-20-11-12-23(13-16-5-3-2-4-6-16)14-17(20)15-26-19-9-7-18(21)8-10-19/h2-7,17,19-20,22H,8-15H2,1H3/t17-,19?,20-/m0/s1. The molecule has 0 aromatic heterocycles. The molecular weight excluding hydrogens is 428 g/mol. The summed E-state index contributed by atoms with van der Waals surface area (Å²) in [4.78, 5) is 2.40. The molecule has 0 amide bonds. The first kappa shape index (κ1) is 21.0. The average molecular weight is 457 g/mol. The third-order valence-electron chi connectivity index (χ3n) is 5.29. The largest absolute Gasteiger partial charge is 0.377 e. The Labute approximate surface area is 171 Å². The SMILES string of the molecule is CS(=O)(=O)N[C@H]1CCN(Cc2ccccc2)C[C@H]1COC1CC=C(Br)CC1. The van der Waals surface area contributed by atoms with E-state index in [1.165, 1.54) is 16.3 Å². The maximum Gasteiger partial charge on any atom is 0.208 e. The molecule has 1 N–H and O–H groups in total.